The average Bonchev–Trinajstić information content (AvgIpc) is 2.77. The molecule has 0 radical (unpaired) electrons. The van der Waals surface area contributed by atoms with E-state index in [0.29, 0.717) is 17.7 Å². The number of carbonyl (C=O) groups excluding carboxylic acids is 1. The van der Waals surface area contributed by atoms with Crippen LogP contribution < -0.4 is 13.8 Å². The van der Waals surface area contributed by atoms with Gasteiger partial charge in [0.2, 0.25) is 0 Å². The third kappa shape index (κ3) is 2.89. The van der Waals surface area contributed by atoms with Crippen LogP contribution in [-0.2, 0) is 15.0 Å². The van der Waals surface area contributed by atoms with Crippen molar-refractivity contribution in [3.05, 3.63) is 30.3 Å². The largest absolute Gasteiger partial charge is 0.506 e. The van der Waals surface area contributed by atoms with Gasteiger partial charge in [0.15, 0.2) is 0 Å². The maximum absolute atomic E-state index is 11.9. The topological polar surface area (TPSA) is 95.9 Å². The summed E-state index contributed by atoms with van der Waals surface area (Å²) in [7, 11) is -3.96. The monoisotopic (exact) mass is 336 g/mol. The van der Waals surface area contributed by atoms with Crippen LogP contribution >= 0.6 is 0 Å². The minimum Gasteiger partial charge on any atom is -0.506 e. The Balaban J connectivity index is 2.07. The molecule has 2 aromatic carbocycles. The molecule has 8 heteroatoms. The second-order valence-corrected chi connectivity index (χ2v) is 6.83. The molecule has 1 aliphatic heterocycles. The van der Waals surface area contributed by atoms with Gasteiger partial charge in [-0.2, -0.15) is 8.42 Å². The van der Waals surface area contributed by atoms with E-state index in [1.807, 2.05) is 11.6 Å². The third-order valence-corrected chi connectivity index (χ3v) is 4.86. The Morgan fingerprint density at radius 2 is 2.04 bits per heavy atom. The highest BCUT2D eigenvalue weighted by Gasteiger charge is 2.35. The van der Waals surface area contributed by atoms with Gasteiger partial charge in [0.25, 0.3) is 5.91 Å². The third-order valence-electron chi connectivity index (χ3n) is 3.47. The maximum Gasteiger partial charge on any atom is 0.326 e. The zero-order chi connectivity index (χ0) is 16.6. The number of anilines is 1. The highest BCUT2D eigenvalue weighted by molar-refractivity contribution is 7.92. The summed E-state index contributed by atoms with van der Waals surface area (Å²) >= 11 is 0. The summed E-state index contributed by atoms with van der Waals surface area (Å²) in [5.74, 6) is -0.182. The van der Waals surface area contributed by atoms with Crippen LogP contribution in [0.5, 0.6) is 11.5 Å². The molecule has 1 saturated heterocycles. The molecule has 1 heterocycles. The number of nitrogens with zero attached hydrogens (tertiary/aromatic N) is 1. The van der Waals surface area contributed by atoms with Crippen molar-refractivity contribution in [2.24, 2.45) is 0 Å². The number of hydrogen-bond acceptors (Lipinski definition) is 5. The van der Waals surface area contributed by atoms with Crippen LogP contribution in [0, 0.1) is 0 Å². The standard InChI is InChI=1S/C15H16N2O5S/c1-2-5-22-12-4-3-10-8-14(18)13(7-11(10)6-12)17-9-15(19)16-23(17,20)21/h3-4,6-8,18H,2,5,9H2,1H3,(H,16,19). The molecule has 0 atom stereocenters. The number of carbonyl (C=O) groups is 1. The van der Waals surface area contributed by atoms with Crippen molar-refractivity contribution in [3.63, 3.8) is 0 Å². The molecular weight excluding hydrogens is 320 g/mol. The van der Waals surface area contributed by atoms with Gasteiger partial charge < -0.3 is 9.84 Å². The second kappa shape index (κ2) is 5.62. The number of hydrogen-bond donors (Lipinski definition) is 2. The Bertz CT molecular complexity index is 879. The zero-order valence-electron chi connectivity index (χ0n) is 12.4. The van der Waals surface area contributed by atoms with Crippen LogP contribution in [-0.4, -0.2) is 32.6 Å². The molecule has 3 rings (SSSR count). The molecule has 7 nitrogen and oxygen atoms in total. The quantitative estimate of drug-likeness (QED) is 0.882. The van der Waals surface area contributed by atoms with E-state index in [-0.39, 0.29) is 18.0 Å². The number of phenols is 1. The number of amides is 1. The fourth-order valence-electron chi connectivity index (χ4n) is 2.42. The fourth-order valence-corrected chi connectivity index (χ4v) is 3.58. The number of benzene rings is 2. The highest BCUT2D eigenvalue weighted by atomic mass is 32.2. The van der Waals surface area contributed by atoms with Crippen LogP contribution in [0.2, 0.25) is 0 Å². The Morgan fingerprint density at radius 1 is 1.26 bits per heavy atom. The molecule has 2 aromatic rings. The normalized spacial score (nSPS) is 16.6. The first-order valence-electron chi connectivity index (χ1n) is 7.13. The summed E-state index contributed by atoms with van der Waals surface area (Å²) in [4.78, 5) is 11.4. The lowest BCUT2D eigenvalue weighted by Crippen LogP contribution is -2.29. The van der Waals surface area contributed by atoms with Crippen molar-refractivity contribution in [1.29, 1.82) is 0 Å². The first-order chi connectivity index (χ1) is 10.9. The van der Waals surface area contributed by atoms with E-state index in [9.17, 15) is 18.3 Å². The summed E-state index contributed by atoms with van der Waals surface area (Å²) in [6.07, 6.45) is 0.874. The minimum atomic E-state index is -3.96. The molecular formula is C15H16N2O5S. The second-order valence-electron chi connectivity index (χ2n) is 5.24. The summed E-state index contributed by atoms with van der Waals surface area (Å²) in [5, 5.41) is 11.6. The molecule has 0 unspecified atom stereocenters. The predicted molar refractivity (Wildman–Crippen MR) is 85.8 cm³/mol. The van der Waals surface area contributed by atoms with Gasteiger partial charge in [-0.1, -0.05) is 13.0 Å². The molecule has 0 spiro atoms. The Hall–Kier alpha value is -2.48. The molecule has 23 heavy (non-hydrogen) atoms. The number of nitrogens with one attached hydrogen (secondary N) is 1. The first kappa shape index (κ1) is 15.4. The van der Waals surface area contributed by atoms with E-state index in [4.69, 9.17) is 4.74 Å². The lowest BCUT2D eigenvalue weighted by atomic mass is 10.1. The van der Waals surface area contributed by atoms with Crippen LogP contribution in [0.4, 0.5) is 5.69 Å². The minimum absolute atomic E-state index is 0.0588. The highest BCUT2D eigenvalue weighted by Crippen LogP contribution is 2.35. The Labute approximate surface area is 133 Å². The number of fused-ring (bicyclic) bond motifs is 1. The van der Waals surface area contributed by atoms with Crippen LogP contribution in [0.1, 0.15) is 13.3 Å². The van der Waals surface area contributed by atoms with Crippen molar-refractivity contribution in [2.45, 2.75) is 13.3 Å². The molecule has 0 aromatic heterocycles. The van der Waals surface area contributed by atoms with E-state index in [1.54, 1.807) is 18.2 Å². The molecule has 1 aliphatic rings. The number of rotatable bonds is 4. The van der Waals surface area contributed by atoms with Crippen LogP contribution in [0.25, 0.3) is 10.8 Å². The molecule has 2 N–H and O–H groups in total. The van der Waals surface area contributed by atoms with Crippen LogP contribution in [0.15, 0.2) is 30.3 Å². The zero-order valence-corrected chi connectivity index (χ0v) is 13.3. The van der Waals surface area contributed by atoms with Gasteiger partial charge >= 0.3 is 10.2 Å². The first-order valence-corrected chi connectivity index (χ1v) is 8.57. The van der Waals surface area contributed by atoms with Crippen LogP contribution in [0.3, 0.4) is 0 Å². The Morgan fingerprint density at radius 3 is 2.70 bits per heavy atom. The van der Waals surface area contributed by atoms with Crippen molar-refractivity contribution >= 4 is 32.6 Å². The summed E-state index contributed by atoms with van der Waals surface area (Å²) in [6, 6.07) is 8.33. The van der Waals surface area contributed by atoms with Crippen molar-refractivity contribution in [1.82, 2.24) is 4.72 Å². The van der Waals surface area contributed by atoms with Gasteiger partial charge in [0.1, 0.15) is 18.0 Å². The predicted octanol–water partition coefficient (Wildman–Crippen LogP) is 1.52. The number of phenolic OH excluding ortho intramolecular Hbond substituents is 1. The van der Waals surface area contributed by atoms with Gasteiger partial charge in [-0.15, -0.1) is 0 Å². The molecule has 1 fully saturated rings. The van der Waals surface area contributed by atoms with E-state index >= 15 is 0 Å². The van der Waals surface area contributed by atoms with Gasteiger partial charge in [0.05, 0.1) is 12.3 Å². The maximum atomic E-state index is 11.9. The lowest BCUT2D eigenvalue weighted by Gasteiger charge is -2.17. The van der Waals surface area contributed by atoms with Gasteiger partial charge in [0, 0.05) is 0 Å². The van der Waals surface area contributed by atoms with E-state index in [0.717, 1.165) is 16.1 Å². The summed E-state index contributed by atoms with van der Waals surface area (Å²) in [5.41, 5.74) is 0.0588. The van der Waals surface area contributed by atoms with Crippen molar-refractivity contribution in [2.75, 3.05) is 17.5 Å². The summed E-state index contributed by atoms with van der Waals surface area (Å²) < 4.78 is 32.1. The molecule has 1 amide bonds. The summed E-state index contributed by atoms with van der Waals surface area (Å²) in [6.45, 7) is 2.22. The van der Waals surface area contributed by atoms with E-state index in [2.05, 4.69) is 0 Å². The van der Waals surface area contributed by atoms with Crippen molar-refractivity contribution < 1.29 is 23.1 Å². The van der Waals surface area contributed by atoms with Crippen molar-refractivity contribution in [3.8, 4) is 11.5 Å². The average molecular weight is 336 g/mol. The van der Waals surface area contributed by atoms with E-state index in [1.165, 1.54) is 12.1 Å². The SMILES string of the molecule is CCCOc1ccc2cc(O)c(N3CC(=O)NS3(=O)=O)cc2c1. The van der Waals surface area contributed by atoms with Gasteiger partial charge in [-0.25, -0.2) is 9.03 Å². The lowest BCUT2D eigenvalue weighted by molar-refractivity contribution is -0.117. The smallest absolute Gasteiger partial charge is 0.326 e. The van der Waals surface area contributed by atoms with Gasteiger partial charge in [-0.3, -0.25) is 4.79 Å². The van der Waals surface area contributed by atoms with E-state index < -0.39 is 16.1 Å². The number of aromatic hydroxyl groups is 1. The van der Waals surface area contributed by atoms with Gasteiger partial charge in [-0.05, 0) is 41.5 Å². The molecule has 0 saturated carbocycles. The molecule has 0 bridgehead atoms. The Kier molecular flexibility index (Phi) is 3.77. The fraction of sp³-hybridized carbons (Fsp3) is 0.267. The molecule has 0 aliphatic carbocycles. The number of ether oxygens (including phenoxy) is 1. The molecule has 122 valence electrons.